The molecule has 5 nitrogen and oxygen atoms in total. The van der Waals surface area contributed by atoms with Crippen LogP contribution in [0.2, 0.25) is 0 Å². The Kier molecular flexibility index (Phi) is 5.44. The highest BCUT2D eigenvalue weighted by atomic mass is 32.2. The van der Waals surface area contributed by atoms with Gasteiger partial charge in [-0.15, -0.1) is 0 Å². The van der Waals surface area contributed by atoms with Crippen molar-refractivity contribution in [1.29, 1.82) is 0 Å². The first-order valence-electron chi connectivity index (χ1n) is 8.84. The van der Waals surface area contributed by atoms with Crippen LogP contribution in [0.1, 0.15) is 41.6 Å². The van der Waals surface area contributed by atoms with Crippen LogP contribution < -0.4 is 10.0 Å². The van der Waals surface area contributed by atoms with Crippen molar-refractivity contribution in [3.8, 4) is 0 Å². The fraction of sp³-hybridized carbons (Fsp3) is 0.350. The van der Waals surface area contributed by atoms with E-state index in [2.05, 4.69) is 22.2 Å². The number of sulfonamides is 1. The van der Waals surface area contributed by atoms with E-state index in [1.807, 2.05) is 18.2 Å². The molecule has 0 bridgehead atoms. The Morgan fingerprint density at radius 1 is 1.00 bits per heavy atom. The number of amides is 1. The van der Waals surface area contributed by atoms with Crippen molar-refractivity contribution in [2.45, 2.75) is 36.0 Å². The van der Waals surface area contributed by atoms with E-state index in [0.717, 1.165) is 12.8 Å². The minimum atomic E-state index is -3.49. The van der Waals surface area contributed by atoms with Crippen LogP contribution >= 0.6 is 0 Å². The number of benzene rings is 2. The van der Waals surface area contributed by atoms with Crippen LogP contribution in [0.15, 0.2) is 59.5 Å². The first-order valence-corrected chi connectivity index (χ1v) is 10.3. The van der Waals surface area contributed by atoms with Crippen molar-refractivity contribution < 1.29 is 13.2 Å². The highest BCUT2D eigenvalue weighted by Crippen LogP contribution is 2.40. The second-order valence-electron chi connectivity index (χ2n) is 6.77. The highest BCUT2D eigenvalue weighted by molar-refractivity contribution is 7.89. The molecule has 1 fully saturated rings. The molecule has 1 amide bonds. The maximum absolute atomic E-state index is 12.5. The average molecular weight is 372 g/mol. The Balaban J connectivity index is 1.72. The van der Waals surface area contributed by atoms with Crippen LogP contribution in [0.3, 0.4) is 0 Å². The molecule has 2 aromatic rings. The maximum atomic E-state index is 12.5. The highest BCUT2D eigenvalue weighted by Gasteiger charge is 2.35. The predicted molar refractivity (Wildman–Crippen MR) is 102 cm³/mol. The quantitative estimate of drug-likeness (QED) is 0.819. The summed E-state index contributed by atoms with van der Waals surface area (Å²) in [5.41, 5.74) is 1.72. The molecule has 3 rings (SSSR count). The van der Waals surface area contributed by atoms with Gasteiger partial charge in [-0.3, -0.25) is 4.79 Å². The summed E-state index contributed by atoms with van der Waals surface area (Å²) in [6.45, 7) is 0.590. The fourth-order valence-electron chi connectivity index (χ4n) is 3.67. The number of carbonyl (C=O) groups is 1. The van der Waals surface area contributed by atoms with Gasteiger partial charge >= 0.3 is 0 Å². The molecule has 0 spiro atoms. The van der Waals surface area contributed by atoms with Gasteiger partial charge in [-0.05, 0) is 49.7 Å². The Morgan fingerprint density at radius 3 is 2.19 bits per heavy atom. The average Bonchev–Trinajstić information content (AvgIpc) is 3.17. The summed E-state index contributed by atoms with van der Waals surface area (Å²) in [5, 5.41) is 3.05. The molecule has 2 N–H and O–H groups in total. The molecule has 0 atom stereocenters. The topological polar surface area (TPSA) is 75.3 Å². The third-order valence-corrected chi connectivity index (χ3v) is 6.66. The number of hydrogen-bond acceptors (Lipinski definition) is 3. The summed E-state index contributed by atoms with van der Waals surface area (Å²) in [6, 6.07) is 16.3. The zero-order valence-corrected chi connectivity index (χ0v) is 15.7. The van der Waals surface area contributed by atoms with Gasteiger partial charge < -0.3 is 5.32 Å². The molecule has 6 heteroatoms. The molecule has 0 radical (unpaired) electrons. The lowest BCUT2D eigenvalue weighted by Gasteiger charge is -2.30. The molecule has 2 aromatic carbocycles. The molecule has 1 saturated carbocycles. The molecule has 1 aliphatic rings. The minimum Gasteiger partial charge on any atom is -0.351 e. The third-order valence-electron chi connectivity index (χ3n) is 5.23. The smallest absolute Gasteiger partial charge is 0.251 e. The van der Waals surface area contributed by atoms with Gasteiger partial charge in [-0.25, -0.2) is 13.1 Å². The zero-order valence-electron chi connectivity index (χ0n) is 14.9. The van der Waals surface area contributed by atoms with Crippen LogP contribution in [-0.2, 0) is 15.4 Å². The maximum Gasteiger partial charge on any atom is 0.251 e. The summed E-state index contributed by atoms with van der Waals surface area (Å²) in [4.78, 5) is 12.7. The van der Waals surface area contributed by atoms with Crippen LogP contribution in [-0.4, -0.2) is 27.9 Å². The van der Waals surface area contributed by atoms with Crippen LogP contribution in [0.4, 0.5) is 0 Å². The Hall–Kier alpha value is -2.18. The predicted octanol–water partition coefficient (Wildman–Crippen LogP) is 2.84. The lowest BCUT2D eigenvalue weighted by atomic mass is 9.79. The fourth-order valence-corrected chi connectivity index (χ4v) is 4.40. The van der Waals surface area contributed by atoms with Crippen molar-refractivity contribution in [3.05, 3.63) is 65.7 Å². The van der Waals surface area contributed by atoms with Crippen LogP contribution in [0, 0.1) is 0 Å². The second-order valence-corrected chi connectivity index (χ2v) is 8.65. The van der Waals surface area contributed by atoms with Crippen molar-refractivity contribution >= 4 is 15.9 Å². The standard InChI is InChI=1S/C20H24N2O3S/c1-21-26(24,25)18-11-9-16(10-12-18)19(23)22-15-20(13-5-6-14-20)17-7-3-2-4-8-17/h2-4,7-12,21H,5-6,13-15H2,1H3,(H,22,23). The van der Waals surface area contributed by atoms with Gasteiger partial charge in [-0.2, -0.15) is 0 Å². The first kappa shape index (κ1) is 18.6. The van der Waals surface area contributed by atoms with Crippen molar-refractivity contribution in [2.24, 2.45) is 0 Å². The lowest BCUT2D eigenvalue weighted by Crippen LogP contribution is -2.39. The molecule has 1 aliphatic carbocycles. The van der Waals surface area contributed by atoms with Gasteiger partial charge in [0.2, 0.25) is 10.0 Å². The summed E-state index contributed by atoms with van der Waals surface area (Å²) in [7, 11) is -2.13. The van der Waals surface area contributed by atoms with E-state index in [1.54, 1.807) is 12.1 Å². The van der Waals surface area contributed by atoms with Gasteiger partial charge in [0.25, 0.3) is 5.91 Å². The summed E-state index contributed by atoms with van der Waals surface area (Å²) in [5.74, 6) is -0.180. The molecule has 138 valence electrons. The Morgan fingerprint density at radius 2 is 1.62 bits per heavy atom. The van der Waals surface area contributed by atoms with E-state index in [9.17, 15) is 13.2 Å². The van der Waals surface area contributed by atoms with E-state index < -0.39 is 10.0 Å². The zero-order chi connectivity index (χ0) is 18.6. The SMILES string of the molecule is CNS(=O)(=O)c1ccc(C(=O)NCC2(c3ccccc3)CCCC2)cc1. The van der Waals surface area contributed by atoms with E-state index in [-0.39, 0.29) is 16.2 Å². The molecular weight excluding hydrogens is 348 g/mol. The summed E-state index contributed by atoms with van der Waals surface area (Å²) in [6.07, 6.45) is 4.47. The Labute approximate surface area is 154 Å². The molecule has 26 heavy (non-hydrogen) atoms. The minimum absolute atomic E-state index is 0.00761. The van der Waals surface area contributed by atoms with Crippen LogP contribution in [0.5, 0.6) is 0 Å². The van der Waals surface area contributed by atoms with E-state index in [1.165, 1.54) is 37.6 Å². The van der Waals surface area contributed by atoms with Crippen molar-refractivity contribution in [3.63, 3.8) is 0 Å². The number of carbonyl (C=O) groups excluding carboxylic acids is 1. The normalized spacial score (nSPS) is 16.3. The molecule has 0 unspecified atom stereocenters. The van der Waals surface area contributed by atoms with Gasteiger partial charge in [0.15, 0.2) is 0 Å². The van der Waals surface area contributed by atoms with Gasteiger partial charge in [0.05, 0.1) is 4.90 Å². The van der Waals surface area contributed by atoms with E-state index >= 15 is 0 Å². The summed E-state index contributed by atoms with van der Waals surface area (Å²) < 4.78 is 25.8. The van der Waals surface area contributed by atoms with E-state index in [0.29, 0.717) is 12.1 Å². The number of rotatable bonds is 6. The van der Waals surface area contributed by atoms with Gasteiger partial charge in [-0.1, -0.05) is 43.2 Å². The van der Waals surface area contributed by atoms with E-state index in [4.69, 9.17) is 0 Å². The summed E-state index contributed by atoms with van der Waals surface area (Å²) >= 11 is 0. The van der Waals surface area contributed by atoms with Gasteiger partial charge in [0.1, 0.15) is 0 Å². The number of hydrogen-bond donors (Lipinski definition) is 2. The number of nitrogens with one attached hydrogen (secondary N) is 2. The molecular formula is C20H24N2O3S. The lowest BCUT2D eigenvalue weighted by molar-refractivity contribution is 0.0943. The second kappa shape index (κ2) is 7.60. The molecule has 0 saturated heterocycles. The Bertz CT molecular complexity index is 856. The van der Waals surface area contributed by atoms with Crippen molar-refractivity contribution in [2.75, 3.05) is 13.6 Å². The largest absolute Gasteiger partial charge is 0.351 e. The molecule has 0 heterocycles. The van der Waals surface area contributed by atoms with Gasteiger partial charge in [0, 0.05) is 17.5 Å². The first-order chi connectivity index (χ1) is 12.5. The monoisotopic (exact) mass is 372 g/mol. The molecule has 0 aliphatic heterocycles. The van der Waals surface area contributed by atoms with Crippen LogP contribution in [0.25, 0.3) is 0 Å². The van der Waals surface area contributed by atoms with Crippen molar-refractivity contribution in [1.82, 2.24) is 10.0 Å². The molecule has 0 aromatic heterocycles. The third kappa shape index (κ3) is 3.81.